The quantitative estimate of drug-likeness (QED) is 0.909. The van der Waals surface area contributed by atoms with E-state index in [4.69, 9.17) is 5.73 Å². The van der Waals surface area contributed by atoms with Crippen LogP contribution < -0.4 is 5.73 Å². The smallest absolute Gasteiger partial charge is 0.266 e. The minimum Gasteiger partial charge on any atom is -0.508 e. The summed E-state index contributed by atoms with van der Waals surface area (Å²) in [6, 6.07) is 7.30. The molecule has 0 aliphatic heterocycles. The summed E-state index contributed by atoms with van der Waals surface area (Å²) in [5, 5.41) is 9.98. The van der Waals surface area contributed by atoms with Crippen LogP contribution in [0.4, 0.5) is 5.13 Å². The first-order chi connectivity index (χ1) is 10.0. The van der Waals surface area contributed by atoms with Crippen molar-refractivity contribution in [3.63, 3.8) is 0 Å². The molecular weight excluding hydrogens is 286 g/mol. The number of nitrogens with two attached hydrogens (primary N) is 1. The van der Waals surface area contributed by atoms with Crippen LogP contribution in [0.25, 0.3) is 0 Å². The van der Waals surface area contributed by atoms with Crippen molar-refractivity contribution in [1.82, 2.24) is 9.88 Å². The van der Waals surface area contributed by atoms with Crippen LogP contribution in [0.3, 0.4) is 0 Å². The second-order valence-corrected chi connectivity index (χ2v) is 6.33. The number of benzene rings is 1. The molecular formula is C15H17N3O2S. The summed E-state index contributed by atoms with van der Waals surface area (Å²) in [4.78, 5) is 19.3. The summed E-state index contributed by atoms with van der Waals surface area (Å²) in [6.45, 7) is 2.30. The molecule has 0 atom stereocenters. The summed E-state index contributed by atoms with van der Waals surface area (Å²) in [7, 11) is 0. The highest BCUT2D eigenvalue weighted by molar-refractivity contribution is 7.17. The van der Waals surface area contributed by atoms with Crippen LogP contribution >= 0.6 is 11.3 Å². The first-order valence-electron chi connectivity index (χ1n) is 6.86. The number of nitrogen functional groups attached to an aromatic ring is 1. The minimum atomic E-state index is -0.0208. The summed E-state index contributed by atoms with van der Waals surface area (Å²) < 4.78 is 0. The molecule has 3 rings (SSSR count). The molecule has 0 unspecified atom stereocenters. The highest BCUT2D eigenvalue weighted by atomic mass is 32.1. The van der Waals surface area contributed by atoms with E-state index in [-0.39, 0.29) is 17.7 Å². The number of amides is 1. The van der Waals surface area contributed by atoms with Gasteiger partial charge in [-0.3, -0.25) is 4.79 Å². The van der Waals surface area contributed by atoms with Gasteiger partial charge >= 0.3 is 0 Å². The van der Waals surface area contributed by atoms with E-state index in [1.165, 1.54) is 11.3 Å². The Kier molecular flexibility index (Phi) is 3.55. The zero-order valence-corrected chi connectivity index (χ0v) is 12.6. The molecule has 1 aromatic heterocycles. The second kappa shape index (κ2) is 5.37. The molecule has 0 radical (unpaired) electrons. The molecule has 5 nitrogen and oxygen atoms in total. The van der Waals surface area contributed by atoms with Crippen LogP contribution in [0.15, 0.2) is 24.3 Å². The lowest BCUT2D eigenvalue weighted by Crippen LogP contribution is -2.32. The molecule has 0 bridgehead atoms. The van der Waals surface area contributed by atoms with Gasteiger partial charge in [0.1, 0.15) is 10.6 Å². The van der Waals surface area contributed by atoms with Gasteiger partial charge in [-0.05, 0) is 37.5 Å². The Labute approximate surface area is 127 Å². The molecule has 1 fully saturated rings. The molecule has 0 spiro atoms. The van der Waals surface area contributed by atoms with Crippen molar-refractivity contribution < 1.29 is 9.90 Å². The number of rotatable bonds is 4. The van der Waals surface area contributed by atoms with Crippen molar-refractivity contribution >= 4 is 22.4 Å². The third kappa shape index (κ3) is 3.00. The van der Waals surface area contributed by atoms with Crippen LogP contribution in [-0.4, -0.2) is 26.9 Å². The SMILES string of the molecule is Cc1nc(N)sc1C(=O)N(Cc1cccc(O)c1)C1CC1. The fraction of sp³-hybridized carbons (Fsp3) is 0.333. The molecule has 1 saturated carbocycles. The molecule has 3 N–H and O–H groups in total. The molecule has 110 valence electrons. The van der Waals surface area contributed by atoms with Crippen molar-refractivity contribution in [2.24, 2.45) is 0 Å². The van der Waals surface area contributed by atoms with E-state index in [9.17, 15) is 9.90 Å². The average Bonchev–Trinajstić information content (AvgIpc) is 3.21. The lowest BCUT2D eigenvalue weighted by molar-refractivity contribution is 0.0733. The summed E-state index contributed by atoms with van der Waals surface area (Å²) in [5.74, 6) is 0.196. The van der Waals surface area contributed by atoms with E-state index in [2.05, 4.69) is 4.98 Å². The predicted molar refractivity (Wildman–Crippen MR) is 82.3 cm³/mol. The molecule has 1 aromatic carbocycles. The van der Waals surface area contributed by atoms with Crippen molar-refractivity contribution in [2.45, 2.75) is 32.4 Å². The fourth-order valence-corrected chi connectivity index (χ4v) is 3.14. The Morgan fingerprint density at radius 3 is 2.86 bits per heavy atom. The monoisotopic (exact) mass is 303 g/mol. The van der Waals surface area contributed by atoms with Crippen LogP contribution in [0.1, 0.15) is 33.8 Å². The van der Waals surface area contributed by atoms with E-state index in [1.54, 1.807) is 25.1 Å². The highest BCUT2D eigenvalue weighted by Gasteiger charge is 2.34. The third-order valence-corrected chi connectivity index (χ3v) is 4.49. The first kappa shape index (κ1) is 13.9. The van der Waals surface area contributed by atoms with Crippen molar-refractivity contribution in [1.29, 1.82) is 0 Å². The molecule has 1 amide bonds. The molecule has 6 heteroatoms. The Bertz CT molecular complexity index is 679. The van der Waals surface area contributed by atoms with Gasteiger partial charge in [-0.25, -0.2) is 4.98 Å². The van der Waals surface area contributed by atoms with Gasteiger partial charge in [0.25, 0.3) is 5.91 Å². The maximum Gasteiger partial charge on any atom is 0.266 e. The number of aryl methyl sites for hydroxylation is 1. The van der Waals surface area contributed by atoms with E-state index in [1.807, 2.05) is 11.0 Å². The van der Waals surface area contributed by atoms with Crippen LogP contribution in [0, 0.1) is 6.92 Å². The number of aromatic hydroxyl groups is 1. The largest absolute Gasteiger partial charge is 0.508 e. The fourth-order valence-electron chi connectivity index (χ4n) is 2.35. The molecule has 1 aliphatic carbocycles. The lowest BCUT2D eigenvalue weighted by atomic mass is 10.2. The van der Waals surface area contributed by atoms with Crippen molar-refractivity contribution in [3.8, 4) is 5.75 Å². The van der Waals surface area contributed by atoms with Crippen molar-refractivity contribution in [2.75, 3.05) is 5.73 Å². The molecule has 21 heavy (non-hydrogen) atoms. The number of aromatic nitrogens is 1. The standard InChI is InChI=1S/C15H17N3O2S/c1-9-13(21-15(16)17-9)14(20)18(11-5-6-11)8-10-3-2-4-12(19)7-10/h2-4,7,11,19H,5-6,8H2,1H3,(H2,16,17). The number of phenols is 1. The molecule has 2 aromatic rings. The van der Waals surface area contributed by atoms with Crippen LogP contribution in [0.2, 0.25) is 0 Å². The van der Waals surface area contributed by atoms with E-state index < -0.39 is 0 Å². The van der Waals surface area contributed by atoms with Gasteiger partial charge in [0.05, 0.1) is 5.69 Å². The van der Waals surface area contributed by atoms with Crippen LogP contribution in [-0.2, 0) is 6.54 Å². The number of anilines is 1. The Hall–Kier alpha value is -2.08. The summed E-state index contributed by atoms with van der Waals surface area (Å²) in [6.07, 6.45) is 2.05. The normalized spacial score (nSPS) is 14.1. The Morgan fingerprint density at radius 2 is 2.29 bits per heavy atom. The highest BCUT2D eigenvalue weighted by Crippen LogP contribution is 2.32. The topological polar surface area (TPSA) is 79.5 Å². The average molecular weight is 303 g/mol. The van der Waals surface area contributed by atoms with Gasteiger partial charge in [0, 0.05) is 12.6 Å². The third-order valence-electron chi connectivity index (χ3n) is 3.52. The number of hydrogen-bond donors (Lipinski definition) is 2. The number of thiazole rings is 1. The first-order valence-corrected chi connectivity index (χ1v) is 7.68. The van der Waals surface area contributed by atoms with E-state index in [0.717, 1.165) is 18.4 Å². The summed E-state index contributed by atoms with van der Waals surface area (Å²) in [5.41, 5.74) is 7.29. The van der Waals surface area contributed by atoms with Gasteiger partial charge in [-0.2, -0.15) is 0 Å². The second-order valence-electron chi connectivity index (χ2n) is 5.30. The van der Waals surface area contributed by atoms with E-state index >= 15 is 0 Å². The van der Waals surface area contributed by atoms with Gasteiger partial charge in [-0.1, -0.05) is 23.5 Å². The van der Waals surface area contributed by atoms with Gasteiger partial charge in [-0.15, -0.1) is 0 Å². The molecule has 1 aliphatic rings. The van der Waals surface area contributed by atoms with Gasteiger partial charge in [0.15, 0.2) is 5.13 Å². The van der Waals surface area contributed by atoms with E-state index in [0.29, 0.717) is 22.2 Å². The van der Waals surface area contributed by atoms with Crippen LogP contribution in [0.5, 0.6) is 5.75 Å². The number of phenolic OH excluding ortho intramolecular Hbond substituents is 1. The van der Waals surface area contributed by atoms with Gasteiger partial charge < -0.3 is 15.7 Å². The number of nitrogens with zero attached hydrogens (tertiary/aromatic N) is 2. The zero-order chi connectivity index (χ0) is 15.0. The lowest BCUT2D eigenvalue weighted by Gasteiger charge is -2.22. The molecule has 1 heterocycles. The Balaban J connectivity index is 1.85. The maximum absolute atomic E-state index is 12.7. The zero-order valence-electron chi connectivity index (χ0n) is 11.7. The summed E-state index contributed by atoms with van der Waals surface area (Å²) >= 11 is 1.24. The number of carbonyl (C=O) groups excluding carboxylic acids is 1. The minimum absolute atomic E-state index is 0.0208. The van der Waals surface area contributed by atoms with Crippen molar-refractivity contribution in [3.05, 3.63) is 40.4 Å². The predicted octanol–water partition coefficient (Wildman–Crippen LogP) is 2.54. The maximum atomic E-state index is 12.7. The molecule has 0 saturated heterocycles. The number of carbonyl (C=O) groups is 1. The van der Waals surface area contributed by atoms with Gasteiger partial charge in [0.2, 0.25) is 0 Å². The Morgan fingerprint density at radius 1 is 1.52 bits per heavy atom. The number of hydrogen-bond acceptors (Lipinski definition) is 5.